The van der Waals surface area contributed by atoms with Gasteiger partial charge in [0.1, 0.15) is 5.76 Å². The van der Waals surface area contributed by atoms with Crippen LogP contribution < -0.4 is 11.1 Å². The highest BCUT2D eigenvalue weighted by atomic mass is 16.5. The van der Waals surface area contributed by atoms with Gasteiger partial charge in [0.05, 0.1) is 25.5 Å². The van der Waals surface area contributed by atoms with E-state index in [0.717, 1.165) is 31.8 Å². The molecule has 3 rings (SSSR count). The maximum atomic E-state index is 11.8. The Balaban J connectivity index is 1.40. The molecule has 3 heterocycles. The van der Waals surface area contributed by atoms with E-state index < -0.39 is 0 Å². The van der Waals surface area contributed by atoms with Crippen LogP contribution in [-0.4, -0.2) is 58.3 Å². The second-order valence-corrected chi connectivity index (χ2v) is 5.39. The Bertz CT molecular complexity index is 626. The lowest BCUT2D eigenvalue weighted by Gasteiger charge is -2.32. The van der Waals surface area contributed by atoms with Crippen LogP contribution in [0.1, 0.15) is 22.8 Å². The van der Waals surface area contributed by atoms with Crippen molar-refractivity contribution in [2.24, 2.45) is 0 Å². The number of anilines is 1. The molecule has 1 saturated heterocycles. The molecule has 0 spiro atoms. The highest BCUT2D eigenvalue weighted by molar-refractivity contribution is 5.90. The number of morpholine rings is 1. The normalized spacial score (nSPS) is 18.9. The van der Waals surface area contributed by atoms with Gasteiger partial charge in [-0.25, -0.2) is 0 Å². The van der Waals surface area contributed by atoms with Crippen molar-refractivity contribution in [1.29, 1.82) is 0 Å². The number of nitrogens with one attached hydrogen (secondary N) is 2. The molecule has 1 atom stereocenters. The lowest BCUT2D eigenvalue weighted by atomic mass is 10.2. The molecule has 2 aromatic heterocycles. The van der Waals surface area contributed by atoms with Crippen molar-refractivity contribution >= 4 is 11.9 Å². The lowest BCUT2D eigenvalue weighted by Crippen LogP contribution is -2.43. The maximum absolute atomic E-state index is 11.8. The number of aromatic amines is 1. The molecule has 0 unspecified atom stereocenters. The molecule has 9 heteroatoms. The molecule has 1 amide bonds. The van der Waals surface area contributed by atoms with Gasteiger partial charge in [0.15, 0.2) is 0 Å². The summed E-state index contributed by atoms with van der Waals surface area (Å²) in [6.07, 6.45) is 2.49. The fourth-order valence-electron chi connectivity index (χ4n) is 2.53. The lowest BCUT2D eigenvalue weighted by molar-refractivity contribution is -0.0359. The smallest absolute Gasteiger partial charge is 0.288 e. The highest BCUT2D eigenvalue weighted by Gasteiger charge is 2.21. The zero-order valence-corrected chi connectivity index (χ0v) is 12.7. The van der Waals surface area contributed by atoms with Gasteiger partial charge < -0.3 is 20.2 Å². The Hall–Kier alpha value is -2.39. The number of hydrogen-bond donors (Lipinski definition) is 3. The first kappa shape index (κ1) is 15.5. The van der Waals surface area contributed by atoms with E-state index in [4.69, 9.17) is 14.9 Å². The molecule has 9 nitrogen and oxygen atoms in total. The van der Waals surface area contributed by atoms with Crippen LogP contribution in [0.5, 0.6) is 0 Å². The maximum Gasteiger partial charge on any atom is 0.288 e. The largest absolute Gasteiger partial charge is 0.468 e. The van der Waals surface area contributed by atoms with E-state index >= 15 is 0 Å². The predicted molar refractivity (Wildman–Crippen MR) is 81.5 cm³/mol. The Morgan fingerprint density at radius 1 is 1.57 bits per heavy atom. The zero-order valence-electron chi connectivity index (χ0n) is 12.7. The van der Waals surface area contributed by atoms with Gasteiger partial charge in [0.25, 0.3) is 5.91 Å². The first-order valence-electron chi connectivity index (χ1n) is 7.53. The van der Waals surface area contributed by atoms with Crippen LogP contribution in [0.4, 0.5) is 5.95 Å². The molecule has 1 fully saturated rings. The van der Waals surface area contributed by atoms with Crippen LogP contribution in [0.25, 0.3) is 0 Å². The first-order valence-corrected chi connectivity index (χ1v) is 7.53. The Labute approximate surface area is 133 Å². The van der Waals surface area contributed by atoms with E-state index in [1.54, 1.807) is 6.26 Å². The molecule has 0 aliphatic carbocycles. The second-order valence-electron chi connectivity index (χ2n) is 5.39. The summed E-state index contributed by atoms with van der Waals surface area (Å²) in [4.78, 5) is 17.9. The van der Waals surface area contributed by atoms with Gasteiger partial charge in [-0.15, -0.1) is 5.10 Å². The quantitative estimate of drug-likeness (QED) is 0.684. The molecular formula is C14H20N6O3. The van der Waals surface area contributed by atoms with Crippen molar-refractivity contribution in [1.82, 2.24) is 25.4 Å². The molecule has 1 aliphatic heterocycles. The first-order chi connectivity index (χ1) is 11.2. The molecule has 0 radical (unpaired) electrons. The molecule has 0 aromatic carbocycles. The average Bonchev–Trinajstić information content (AvgIpc) is 3.19. The summed E-state index contributed by atoms with van der Waals surface area (Å²) < 4.78 is 11.1. The number of ether oxygens (including phenoxy) is 1. The third-order valence-electron chi connectivity index (χ3n) is 3.65. The topological polar surface area (TPSA) is 122 Å². The number of amides is 1. The van der Waals surface area contributed by atoms with E-state index in [1.807, 2.05) is 12.1 Å². The number of furan rings is 1. The van der Waals surface area contributed by atoms with Gasteiger partial charge in [-0.1, -0.05) is 0 Å². The van der Waals surface area contributed by atoms with Crippen LogP contribution in [0.15, 0.2) is 22.8 Å². The summed E-state index contributed by atoms with van der Waals surface area (Å²) in [6, 6.07) is 3.85. The number of nitrogens with two attached hydrogens (primary N) is 1. The minimum absolute atomic E-state index is 0.0549. The van der Waals surface area contributed by atoms with Crippen LogP contribution >= 0.6 is 0 Å². The summed E-state index contributed by atoms with van der Waals surface area (Å²) in [7, 11) is 0. The van der Waals surface area contributed by atoms with Gasteiger partial charge in [-0.3, -0.25) is 14.8 Å². The van der Waals surface area contributed by atoms with Crippen molar-refractivity contribution in [3.05, 3.63) is 30.0 Å². The number of carbonyl (C=O) groups excluding carboxylic acids is 1. The number of carbonyl (C=O) groups is 1. The number of nitrogen functional groups attached to an aromatic ring is 1. The monoisotopic (exact) mass is 320 g/mol. The molecule has 0 saturated carbocycles. The van der Waals surface area contributed by atoms with E-state index in [2.05, 4.69) is 25.4 Å². The summed E-state index contributed by atoms with van der Waals surface area (Å²) in [5.74, 6) is 0.796. The third kappa shape index (κ3) is 4.30. The fraction of sp³-hybridized carbons (Fsp3) is 0.500. The summed E-state index contributed by atoms with van der Waals surface area (Å²) in [6.45, 7) is 3.64. The Morgan fingerprint density at radius 2 is 2.48 bits per heavy atom. The van der Waals surface area contributed by atoms with Gasteiger partial charge >= 0.3 is 0 Å². The summed E-state index contributed by atoms with van der Waals surface area (Å²) >= 11 is 0. The van der Waals surface area contributed by atoms with Crippen LogP contribution in [0, 0.1) is 0 Å². The van der Waals surface area contributed by atoms with Gasteiger partial charge in [0, 0.05) is 19.6 Å². The van der Waals surface area contributed by atoms with Crippen molar-refractivity contribution < 1.29 is 13.9 Å². The van der Waals surface area contributed by atoms with Crippen molar-refractivity contribution in [3.8, 4) is 0 Å². The zero-order chi connectivity index (χ0) is 16.1. The average molecular weight is 320 g/mol. The number of H-pyrrole nitrogens is 1. The van der Waals surface area contributed by atoms with E-state index in [0.29, 0.717) is 13.2 Å². The fourth-order valence-corrected chi connectivity index (χ4v) is 2.53. The standard InChI is InChI=1S/C14H20N6O3/c15-14-17-12(18-19-14)13(21)16-4-3-11-9-20(5-7-23-11)8-10-2-1-6-22-10/h1-2,6,11H,3-5,7-9H2,(H,16,21)(H3,15,17,18,19)/t11-/m0/s1. The SMILES string of the molecule is Nc1n[nH]c(C(=O)NCC[C@H]2CN(Cc3ccco3)CCO2)n1. The summed E-state index contributed by atoms with van der Waals surface area (Å²) in [5.41, 5.74) is 5.37. The minimum atomic E-state index is -0.322. The number of nitrogens with zero attached hydrogens (tertiary/aromatic N) is 3. The Morgan fingerprint density at radius 3 is 3.22 bits per heavy atom. The molecular weight excluding hydrogens is 300 g/mol. The van der Waals surface area contributed by atoms with Gasteiger partial charge in [0.2, 0.25) is 11.8 Å². The molecule has 0 bridgehead atoms. The molecule has 23 heavy (non-hydrogen) atoms. The molecule has 4 N–H and O–H groups in total. The third-order valence-corrected chi connectivity index (χ3v) is 3.65. The van der Waals surface area contributed by atoms with Gasteiger partial charge in [-0.2, -0.15) is 4.98 Å². The van der Waals surface area contributed by atoms with E-state index in [9.17, 15) is 4.79 Å². The minimum Gasteiger partial charge on any atom is -0.468 e. The number of hydrogen-bond acceptors (Lipinski definition) is 7. The van der Waals surface area contributed by atoms with Gasteiger partial charge in [-0.05, 0) is 18.6 Å². The van der Waals surface area contributed by atoms with Crippen molar-refractivity contribution in [3.63, 3.8) is 0 Å². The summed E-state index contributed by atoms with van der Waals surface area (Å²) in [5, 5.41) is 8.87. The molecule has 124 valence electrons. The Kier molecular flexibility index (Phi) is 4.89. The van der Waals surface area contributed by atoms with E-state index in [-0.39, 0.29) is 23.8 Å². The number of aromatic nitrogens is 3. The van der Waals surface area contributed by atoms with Crippen molar-refractivity contribution in [2.45, 2.75) is 19.1 Å². The predicted octanol–water partition coefficient (Wildman–Crippen LogP) is 0.000800. The molecule has 2 aromatic rings. The van der Waals surface area contributed by atoms with Crippen LogP contribution in [0.3, 0.4) is 0 Å². The van der Waals surface area contributed by atoms with Crippen LogP contribution in [-0.2, 0) is 11.3 Å². The number of rotatable bonds is 6. The van der Waals surface area contributed by atoms with E-state index in [1.165, 1.54) is 0 Å². The molecule has 1 aliphatic rings. The second kappa shape index (κ2) is 7.25. The highest BCUT2D eigenvalue weighted by Crippen LogP contribution is 2.12. The van der Waals surface area contributed by atoms with Crippen molar-refractivity contribution in [2.75, 3.05) is 32.0 Å². The van der Waals surface area contributed by atoms with Crippen LogP contribution in [0.2, 0.25) is 0 Å².